The highest BCUT2D eigenvalue weighted by atomic mass is 16.5. The fraction of sp³-hybridized carbons (Fsp3) is 0.500. The molecule has 1 aromatic carbocycles. The largest absolute Gasteiger partial charge is 0.449 e. The number of amides is 2. The molecule has 118 valence electrons. The van der Waals surface area contributed by atoms with Crippen LogP contribution >= 0.6 is 0 Å². The van der Waals surface area contributed by atoms with E-state index < -0.39 is 11.5 Å². The molecule has 1 atom stereocenters. The Labute approximate surface area is 129 Å². The van der Waals surface area contributed by atoms with Gasteiger partial charge in [0, 0.05) is 30.0 Å². The van der Waals surface area contributed by atoms with Gasteiger partial charge in [-0.15, -0.1) is 0 Å². The van der Waals surface area contributed by atoms with E-state index in [9.17, 15) is 9.59 Å². The van der Waals surface area contributed by atoms with Crippen molar-refractivity contribution >= 4 is 23.4 Å². The third-order valence-electron chi connectivity index (χ3n) is 4.18. The van der Waals surface area contributed by atoms with Crippen molar-refractivity contribution in [2.75, 3.05) is 30.3 Å². The lowest BCUT2D eigenvalue weighted by atomic mass is 9.75. The van der Waals surface area contributed by atoms with Gasteiger partial charge in [-0.05, 0) is 24.5 Å². The highest BCUT2D eigenvalue weighted by Crippen LogP contribution is 2.46. The molecule has 0 aromatic heterocycles. The number of rotatable bonds is 4. The second kappa shape index (κ2) is 5.51. The second-order valence-electron chi connectivity index (χ2n) is 6.29. The highest BCUT2D eigenvalue weighted by molar-refractivity contribution is 6.09. The van der Waals surface area contributed by atoms with Crippen LogP contribution in [-0.2, 0) is 14.9 Å². The molecule has 6 heteroatoms. The Kier molecular flexibility index (Phi) is 3.68. The topological polar surface area (TPSA) is 79.5 Å². The van der Waals surface area contributed by atoms with Gasteiger partial charge in [0.05, 0.1) is 12.0 Å². The zero-order chi connectivity index (χ0) is 15.7. The van der Waals surface area contributed by atoms with Gasteiger partial charge in [0.1, 0.15) is 0 Å². The van der Waals surface area contributed by atoms with Crippen LogP contribution in [0.3, 0.4) is 0 Å². The van der Waals surface area contributed by atoms with Gasteiger partial charge in [-0.3, -0.25) is 4.79 Å². The van der Waals surface area contributed by atoms with E-state index >= 15 is 0 Å². The van der Waals surface area contributed by atoms with E-state index in [2.05, 4.69) is 16.0 Å². The minimum absolute atomic E-state index is 0.0550. The predicted molar refractivity (Wildman–Crippen MR) is 84.0 cm³/mol. The fourth-order valence-electron chi connectivity index (χ4n) is 3.10. The van der Waals surface area contributed by atoms with Crippen LogP contribution < -0.4 is 16.0 Å². The third-order valence-corrected chi connectivity index (χ3v) is 4.18. The molecule has 0 bridgehead atoms. The maximum atomic E-state index is 12.5. The van der Waals surface area contributed by atoms with Gasteiger partial charge in [-0.2, -0.15) is 0 Å². The zero-order valence-electron chi connectivity index (χ0n) is 12.9. The van der Waals surface area contributed by atoms with Gasteiger partial charge >= 0.3 is 6.09 Å². The SMILES string of the molecule is CC(C)COC(=O)NCC12CCNc3cccc(c31)NC2=O. The van der Waals surface area contributed by atoms with Crippen molar-refractivity contribution in [2.24, 2.45) is 5.92 Å². The van der Waals surface area contributed by atoms with Crippen LogP contribution in [0.25, 0.3) is 0 Å². The molecule has 2 amide bonds. The van der Waals surface area contributed by atoms with Crippen molar-refractivity contribution in [3.8, 4) is 0 Å². The Morgan fingerprint density at radius 2 is 2.18 bits per heavy atom. The van der Waals surface area contributed by atoms with Crippen LogP contribution in [0.4, 0.5) is 16.2 Å². The molecular formula is C16H21N3O3. The Balaban J connectivity index is 1.78. The molecule has 3 N–H and O–H groups in total. The molecule has 3 rings (SSSR count). The van der Waals surface area contributed by atoms with Crippen LogP contribution in [0, 0.1) is 5.92 Å². The van der Waals surface area contributed by atoms with Crippen molar-refractivity contribution in [3.05, 3.63) is 23.8 Å². The molecule has 0 spiro atoms. The van der Waals surface area contributed by atoms with Gasteiger partial charge in [0.15, 0.2) is 0 Å². The molecule has 1 unspecified atom stereocenters. The van der Waals surface area contributed by atoms with E-state index in [1.54, 1.807) is 0 Å². The number of hydrogen-bond donors (Lipinski definition) is 3. The maximum Gasteiger partial charge on any atom is 0.407 e. The third kappa shape index (κ3) is 2.38. The lowest BCUT2D eigenvalue weighted by molar-refractivity contribution is -0.120. The molecule has 6 nitrogen and oxygen atoms in total. The van der Waals surface area contributed by atoms with Crippen molar-refractivity contribution in [1.29, 1.82) is 0 Å². The number of alkyl carbamates (subject to hydrolysis) is 1. The first-order chi connectivity index (χ1) is 10.5. The summed E-state index contributed by atoms with van der Waals surface area (Å²) in [7, 11) is 0. The minimum Gasteiger partial charge on any atom is -0.449 e. The molecule has 0 fully saturated rings. The first-order valence-corrected chi connectivity index (χ1v) is 7.62. The molecule has 1 aromatic rings. The first kappa shape index (κ1) is 14.7. The van der Waals surface area contributed by atoms with E-state index in [4.69, 9.17) is 4.74 Å². The van der Waals surface area contributed by atoms with E-state index in [0.717, 1.165) is 16.9 Å². The Hall–Kier alpha value is -2.24. The average molecular weight is 303 g/mol. The van der Waals surface area contributed by atoms with Crippen molar-refractivity contribution in [2.45, 2.75) is 25.7 Å². The smallest absolute Gasteiger partial charge is 0.407 e. The summed E-state index contributed by atoms with van der Waals surface area (Å²) in [5.74, 6) is 0.227. The van der Waals surface area contributed by atoms with Gasteiger partial charge in [0.2, 0.25) is 5.91 Å². The number of hydrogen-bond acceptors (Lipinski definition) is 4. The summed E-state index contributed by atoms with van der Waals surface area (Å²) in [5, 5.41) is 8.99. The normalized spacial score (nSPS) is 21.9. The quantitative estimate of drug-likeness (QED) is 0.795. The molecule has 0 radical (unpaired) electrons. The van der Waals surface area contributed by atoms with Crippen LogP contribution in [-0.4, -0.2) is 31.7 Å². The Morgan fingerprint density at radius 1 is 1.41 bits per heavy atom. The molecule has 22 heavy (non-hydrogen) atoms. The van der Waals surface area contributed by atoms with Gasteiger partial charge in [-0.1, -0.05) is 19.9 Å². The van der Waals surface area contributed by atoms with E-state index in [1.807, 2.05) is 32.0 Å². The lowest BCUT2D eigenvalue weighted by Gasteiger charge is -2.33. The fourth-order valence-corrected chi connectivity index (χ4v) is 3.10. The molecule has 2 heterocycles. The van der Waals surface area contributed by atoms with Crippen LogP contribution in [0.2, 0.25) is 0 Å². The number of carbonyl (C=O) groups is 2. The summed E-state index contributed by atoms with van der Waals surface area (Å²) in [6.45, 7) is 5.28. The van der Waals surface area contributed by atoms with E-state index in [1.165, 1.54) is 0 Å². The van der Waals surface area contributed by atoms with E-state index in [0.29, 0.717) is 19.6 Å². The summed E-state index contributed by atoms with van der Waals surface area (Å²) < 4.78 is 5.13. The van der Waals surface area contributed by atoms with Crippen molar-refractivity contribution in [3.63, 3.8) is 0 Å². The van der Waals surface area contributed by atoms with Gasteiger partial charge in [-0.25, -0.2) is 4.79 Å². The Morgan fingerprint density at radius 3 is 2.95 bits per heavy atom. The average Bonchev–Trinajstić information content (AvgIpc) is 2.78. The van der Waals surface area contributed by atoms with Crippen molar-refractivity contribution < 1.29 is 14.3 Å². The molecule has 0 aliphatic carbocycles. The number of benzene rings is 1. The van der Waals surface area contributed by atoms with Gasteiger partial charge < -0.3 is 20.7 Å². The van der Waals surface area contributed by atoms with Gasteiger partial charge in [0.25, 0.3) is 0 Å². The molecule has 0 saturated heterocycles. The Bertz CT molecular complexity index is 615. The predicted octanol–water partition coefficient (Wildman–Crippen LogP) is 2.07. The molecular weight excluding hydrogens is 282 g/mol. The monoisotopic (exact) mass is 303 g/mol. The minimum atomic E-state index is -0.700. The van der Waals surface area contributed by atoms with Crippen LogP contribution in [0.15, 0.2) is 18.2 Å². The van der Waals surface area contributed by atoms with E-state index in [-0.39, 0.29) is 18.4 Å². The molecule has 2 aliphatic rings. The molecule has 2 aliphatic heterocycles. The number of anilines is 2. The number of carbonyl (C=O) groups excluding carboxylic acids is 2. The van der Waals surface area contributed by atoms with Crippen LogP contribution in [0.5, 0.6) is 0 Å². The summed E-state index contributed by atoms with van der Waals surface area (Å²) in [5.41, 5.74) is 2.04. The maximum absolute atomic E-state index is 12.5. The second-order valence-corrected chi connectivity index (χ2v) is 6.29. The summed E-state index contributed by atoms with van der Waals surface area (Å²) in [4.78, 5) is 24.3. The first-order valence-electron chi connectivity index (χ1n) is 7.62. The summed E-state index contributed by atoms with van der Waals surface area (Å²) >= 11 is 0. The number of ether oxygens (including phenoxy) is 1. The standard InChI is InChI=1S/C16H21N3O3/c1-10(2)8-22-15(21)18-9-16-6-7-17-11-4-3-5-12(13(11)16)19-14(16)20/h3-5,10,17H,6-9H2,1-2H3,(H,18,21)(H,19,20). The number of nitrogens with one attached hydrogen (secondary N) is 3. The zero-order valence-corrected chi connectivity index (χ0v) is 12.9. The highest BCUT2D eigenvalue weighted by Gasteiger charge is 2.49. The van der Waals surface area contributed by atoms with Crippen LogP contribution in [0.1, 0.15) is 25.8 Å². The van der Waals surface area contributed by atoms with Crippen molar-refractivity contribution in [1.82, 2.24) is 5.32 Å². The summed E-state index contributed by atoms with van der Waals surface area (Å²) in [6, 6.07) is 5.76. The molecule has 0 saturated carbocycles. The summed E-state index contributed by atoms with van der Waals surface area (Å²) in [6.07, 6.45) is 0.174. The lowest BCUT2D eigenvalue weighted by Crippen LogP contribution is -2.48.